The Kier molecular flexibility index (Phi) is 9.47. The maximum absolute atomic E-state index is 4.39. The molecule has 0 saturated heterocycles. The Balaban J connectivity index is 0.000000583. The topological polar surface area (TPSA) is 12.5 Å². The second-order valence-corrected chi connectivity index (χ2v) is 4.17. The quantitative estimate of drug-likeness (QED) is 0.719. The Bertz CT molecular complexity index is 224. The largest absolute Gasteiger partial charge is 0.431 e. The Morgan fingerprint density at radius 2 is 1.60 bits per heavy atom. The minimum absolute atomic E-state index is 0.869. The summed E-state index contributed by atoms with van der Waals surface area (Å²) < 4.78 is 4.39. The van der Waals surface area contributed by atoms with Gasteiger partial charge in [-0.3, -0.25) is 4.90 Å². The lowest BCUT2D eigenvalue weighted by atomic mass is 10.2. The first-order valence-electron chi connectivity index (χ1n) is 5.44. The first-order chi connectivity index (χ1) is 7.28. The van der Waals surface area contributed by atoms with E-state index in [4.69, 9.17) is 0 Å². The second-order valence-electron chi connectivity index (χ2n) is 3.36. The molecule has 0 N–H and O–H groups in total. The van der Waals surface area contributed by atoms with Crippen LogP contribution < -0.4 is 0 Å². The first-order valence-corrected chi connectivity index (χ1v) is 6.26. The van der Waals surface area contributed by atoms with Crippen molar-refractivity contribution in [2.45, 2.75) is 20.4 Å². The van der Waals surface area contributed by atoms with E-state index in [1.807, 2.05) is 0 Å². The molecule has 0 heterocycles. The molecule has 0 aliphatic rings. The summed E-state index contributed by atoms with van der Waals surface area (Å²) in [4.78, 5) is 2.41. The van der Waals surface area contributed by atoms with Crippen LogP contribution in [0.2, 0.25) is 0 Å². The molecule has 0 unspecified atom stereocenters. The maximum Gasteiger partial charge on any atom is 0.145 e. The monoisotopic (exact) mass is 225 g/mol. The Morgan fingerprint density at radius 3 is 2.00 bits per heavy atom. The summed E-state index contributed by atoms with van der Waals surface area (Å²) in [5.41, 5.74) is 1.40. The van der Waals surface area contributed by atoms with Gasteiger partial charge in [-0.15, -0.1) is 0 Å². The van der Waals surface area contributed by atoms with Gasteiger partial charge in [0.2, 0.25) is 0 Å². The molecule has 0 aromatic heterocycles. The van der Waals surface area contributed by atoms with Gasteiger partial charge in [-0.25, -0.2) is 0 Å². The van der Waals surface area contributed by atoms with E-state index in [0.29, 0.717) is 0 Å². The van der Waals surface area contributed by atoms with Crippen LogP contribution in [0, 0.1) is 0 Å². The zero-order valence-electron chi connectivity index (χ0n) is 10.4. The average Bonchev–Trinajstić information content (AvgIpc) is 2.28. The van der Waals surface area contributed by atoms with Crippen molar-refractivity contribution >= 4 is 10.5 Å². The zero-order chi connectivity index (χ0) is 11.5. The first kappa shape index (κ1) is 14.4. The maximum atomic E-state index is 4.39. The Morgan fingerprint density at radius 1 is 1.13 bits per heavy atom. The van der Waals surface area contributed by atoms with Crippen molar-refractivity contribution in [1.29, 1.82) is 0 Å². The zero-order valence-corrected chi connectivity index (χ0v) is 12.4. The third kappa shape index (κ3) is 7.30. The van der Waals surface area contributed by atoms with Crippen molar-refractivity contribution < 1.29 is 4.43 Å². The molecule has 0 aliphatic carbocycles. The summed E-state index contributed by atoms with van der Waals surface area (Å²) in [5, 5.41) is 0. The summed E-state index contributed by atoms with van der Waals surface area (Å²) >= 11 is 0. The molecule has 0 atom stereocenters. The lowest BCUT2D eigenvalue weighted by Gasteiger charge is -2.17. The number of rotatable bonds is 4. The van der Waals surface area contributed by atoms with Crippen LogP contribution >= 0.6 is 0 Å². The van der Waals surface area contributed by atoms with E-state index in [9.17, 15) is 0 Å². The molecule has 2 nitrogen and oxygen atoms in total. The van der Waals surface area contributed by atoms with Crippen LogP contribution in [0.4, 0.5) is 0 Å². The van der Waals surface area contributed by atoms with E-state index in [2.05, 4.69) is 53.5 Å². The Labute approximate surface area is 96.8 Å². The van der Waals surface area contributed by atoms with E-state index in [0.717, 1.165) is 30.1 Å². The molecular formula is C12H23NOSi. The summed E-state index contributed by atoms with van der Waals surface area (Å²) in [7, 11) is 2.56. The van der Waals surface area contributed by atoms with Crippen LogP contribution in [0.3, 0.4) is 0 Å². The van der Waals surface area contributed by atoms with Crippen LogP contribution in [0.5, 0.6) is 0 Å². The van der Waals surface area contributed by atoms with E-state index in [1.54, 1.807) is 7.11 Å². The van der Waals surface area contributed by atoms with Crippen molar-refractivity contribution in [1.82, 2.24) is 4.90 Å². The van der Waals surface area contributed by atoms with Crippen molar-refractivity contribution in [3.8, 4) is 0 Å². The molecule has 0 spiro atoms. The van der Waals surface area contributed by atoms with Crippen LogP contribution in [0.15, 0.2) is 30.3 Å². The van der Waals surface area contributed by atoms with Gasteiger partial charge in [-0.05, 0) is 18.7 Å². The minimum atomic E-state index is 0.869. The highest BCUT2D eigenvalue weighted by Crippen LogP contribution is 2.02. The molecule has 0 saturated carbocycles. The summed E-state index contributed by atoms with van der Waals surface area (Å²) in [6.45, 7) is 7.74. The molecule has 0 fully saturated rings. The molecule has 0 bridgehead atoms. The number of benzene rings is 1. The van der Waals surface area contributed by atoms with Gasteiger partial charge in [0.25, 0.3) is 0 Å². The third-order valence-electron chi connectivity index (χ3n) is 2.14. The molecule has 86 valence electrons. The molecule has 0 radical (unpaired) electrons. The van der Waals surface area contributed by atoms with Crippen LogP contribution in [-0.2, 0) is 11.0 Å². The predicted molar refractivity (Wildman–Crippen MR) is 70.0 cm³/mol. The van der Waals surface area contributed by atoms with Gasteiger partial charge in [-0.1, -0.05) is 44.2 Å². The Hall–Kier alpha value is -0.643. The van der Waals surface area contributed by atoms with Gasteiger partial charge in [-0.2, -0.15) is 0 Å². The van der Waals surface area contributed by atoms with Gasteiger partial charge >= 0.3 is 0 Å². The lowest BCUT2D eigenvalue weighted by Crippen LogP contribution is -2.21. The smallest absolute Gasteiger partial charge is 0.145 e. The van der Waals surface area contributed by atoms with Gasteiger partial charge in [0.1, 0.15) is 10.5 Å². The van der Waals surface area contributed by atoms with Crippen LogP contribution in [0.25, 0.3) is 0 Å². The highest BCUT2D eigenvalue weighted by atomic mass is 28.2. The average molecular weight is 225 g/mol. The highest BCUT2D eigenvalue weighted by molar-refractivity contribution is 5.97. The van der Waals surface area contributed by atoms with E-state index >= 15 is 0 Å². The summed E-state index contributed by atoms with van der Waals surface area (Å²) in [6.07, 6.45) is 0. The van der Waals surface area contributed by atoms with E-state index in [-0.39, 0.29) is 0 Å². The molecule has 3 heteroatoms. The normalized spacial score (nSPS) is 9.87. The number of hydrogen-bond acceptors (Lipinski definition) is 2. The van der Waals surface area contributed by atoms with Gasteiger partial charge < -0.3 is 4.43 Å². The van der Waals surface area contributed by atoms with Crippen molar-refractivity contribution in [3.05, 3.63) is 35.9 Å². The fraction of sp³-hybridized carbons (Fsp3) is 0.500. The lowest BCUT2D eigenvalue weighted by molar-refractivity contribution is 0.296. The minimum Gasteiger partial charge on any atom is -0.431 e. The predicted octanol–water partition coefficient (Wildman–Crippen LogP) is 1.44. The highest BCUT2D eigenvalue weighted by Gasteiger charge is 1.98. The summed E-state index contributed by atoms with van der Waals surface area (Å²) in [5.74, 6) is 0. The second kappa shape index (κ2) is 9.89. The molecule has 1 rings (SSSR count). The molecular weight excluding hydrogens is 202 g/mol. The van der Waals surface area contributed by atoms with Crippen LogP contribution in [0.1, 0.15) is 19.4 Å². The van der Waals surface area contributed by atoms with Crippen molar-refractivity contribution in [2.24, 2.45) is 0 Å². The molecule has 0 amide bonds. The van der Waals surface area contributed by atoms with Crippen LogP contribution in [-0.4, -0.2) is 35.6 Å². The number of nitrogens with zero attached hydrogens (tertiary/aromatic N) is 1. The fourth-order valence-corrected chi connectivity index (χ4v) is 1.29. The third-order valence-corrected chi connectivity index (χ3v) is 2.14. The van der Waals surface area contributed by atoms with Gasteiger partial charge in [0, 0.05) is 13.7 Å². The van der Waals surface area contributed by atoms with E-state index < -0.39 is 0 Å². The van der Waals surface area contributed by atoms with Crippen molar-refractivity contribution in [2.75, 3.05) is 20.2 Å². The molecule has 15 heavy (non-hydrogen) atoms. The number of hydrogen-bond donors (Lipinski definition) is 0. The molecule has 1 aromatic rings. The SMILES string of the molecule is CCN(CC)Cc1ccccc1.CO[SiH3]. The van der Waals surface area contributed by atoms with Gasteiger partial charge in [0.15, 0.2) is 0 Å². The standard InChI is InChI=1S/C11H17N.CH6OSi/c1-3-12(4-2)10-11-8-6-5-7-9-11;1-2-3/h5-9H,3-4,10H2,1-2H3;1,3H3. The molecule has 1 aromatic carbocycles. The van der Waals surface area contributed by atoms with Gasteiger partial charge in [0.05, 0.1) is 0 Å². The van der Waals surface area contributed by atoms with E-state index in [1.165, 1.54) is 5.56 Å². The molecule has 0 aliphatic heterocycles. The summed E-state index contributed by atoms with van der Waals surface area (Å²) in [6, 6.07) is 10.6. The van der Waals surface area contributed by atoms with Crippen molar-refractivity contribution in [3.63, 3.8) is 0 Å². The fourth-order valence-electron chi connectivity index (χ4n) is 1.29.